The Hall–Kier alpha value is -1.64. The molecule has 1 fully saturated rings. The molecule has 0 bridgehead atoms. The molecule has 1 aromatic heterocycles. The highest BCUT2D eigenvalue weighted by Crippen LogP contribution is 2.32. The van der Waals surface area contributed by atoms with Gasteiger partial charge in [0.05, 0.1) is 11.5 Å². The second kappa shape index (κ2) is 6.88. The summed E-state index contributed by atoms with van der Waals surface area (Å²) in [6.07, 6.45) is 1.61. The van der Waals surface area contributed by atoms with Crippen LogP contribution in [-0.4, -0.2) is 45.8 Å². The van der Waals surface area contributed by atoms with E-state index >= 15 is 0 Å². The molecule has 6 nitrogen and oxygen atoms in total. The lowest BCUT2D eigenvalue weighted by Crippen LogP contribution is -2.40. The van der Waals surface area contributed by atoms with Crippen LogP contribution in [0, 0.1) is 6.92 Å². The van der Waals surface area contributed by atoms with Crippen molar-refractivity contribution in [1.29, 1.82) is 0 Å². The van der Waals surface area contributed by atoms with E-state index in [2.05, 4.69) is 5.32 Å². The quantitative estimate of drug-likeness (QED) is 0.618. The van der Waals surface area contributed by atoms with Gasteiger partial charge in [0.2, 0.25) is 5.91 Å². The Morgan fingerprint density at radius 3 is 2.95 bits per heavy atom. The molecule has 0 spiro atoms. The number of hydrogen-bond donors (Lipinski definition) is 2. The molecule has 0 unspecified atom stereocenters. The van der Waals surface area contributed by atoms with Gasteiger partial charge in [-0.1, -0.05) is 24.0 Å². The first-order valence-corrected chi connectivity index (χ1v) is 7.43. The molecule has 1 aliphatic heterocycles. The van der Waals surface area contributed by atoms with E-state index in [1.54, 1.807) is 18.2 Å². The van der Waals surface area contributed by atoms with Crippen molar-refractivity contribution in [2.75, 3.05) is 19.7 Å². The van der Waals surface area contributed by atoms with E-state index in [4.69, 9.17) is 21.7 Å². The number of aryl methyl sites for hydroxylation is 1. The molecule has 0 radical (unpaired) electrons. The van der Waals surface area contributed by atoms with Gasteiger partial charge in [0.1, 0.15) is 22.4 Å². The smallest absolute Gasteiger partial charge is 0.266 e. The molecule has 2 rings (SSSR count). The summed E-state index contributed by atoms with van der Waals surface area (Å²) in [5, 5.41) is 11.1. The van der Waals surface area contributed by atoms with E-state index in [-0.39, 0.29) is 31.5 Å². The molecule has 2 N–H and O–H groups in total. The topological polar surface area (TPSA) is 82.8 Å². The normalized spacial score (nSPS) is 16.9. The van der Waals surface area contributed by atoms with Gasteiger partial charge >= 0.3 is 0 Å². The minimum Gasteiger partial charge on any atom is -0.462 e. The Morgan fingerprint density at radius 1 is 1.57 bits per heavy atom. The second-order valence-corrected chi connectivity index (χ2v) is 5.97. The first kappa shape index (κ1) is 15.7. The third-order valence-corrected chi connectivity index (χ3v) is 4.02. The van der Waals surface area contributed by atoms with E-state index in [0.717, 1.165) is 17.5 Å². The average molecular weight is 326 g/mol. The second-order valence-electron chi connectivity index (χ2n) is 4.29. The summed E-state index contributed by atoms with van der Waals surface area (Å²) in [6.45, 7) is 1.66. The molecule has 8 heteroatoms. The molecule has 2 amide bonds. The van der Waals surface area contributed by atoms with Crippen LogP contribution in [-0.2, 0) is 9.59 Å². The van der Waals surface area contributed by atoms with Crippen LogP contribution in [0.15, 0.2) is 21.5 Å². The van der Waals surface area contributed by atoms with Gasteiger partial charge in [-0.05, 0) is 19.1 Å². The first-order chi connectivity index (χ1) is 10.0. The van der Waals surface area contributed by atoms with Crippen LogP contribution in [0.5, 0.6) is 0 Å². The lowest BCUT2D eigenvalue weighted by atomic mass is 10.3. The summed E-state index contributed by atoms with van der Waals surface area (Å²) >= 11 is 6.25. The lowest BCUT2D eigenvalue weighted by molar-refractivity contribution is -0.128. The fraction of sp³-hybridized carbons (Fsp3) is 0.308. The molecular formula is C13H14N2O4S2. The van der Waals surface area contributed by atoms with Gasteiger partial charge in [-0.2, -0.15) is 0 Å². The summed E-state index contributed by atoms with van der Waals surface area (Å²) in [5.41, 5.74) is 0. The number of furan rings is 1. The molecule has 1 saturated heterocycles. The number of aliphatic hydroxyl groups is 1. The number of aliphatic hydroxyl groups excluding tert-OH is 1. The summed E-state index contributed by atoms with van der Waals surface area (Å²) in [4.78, 5) is 25.5. The zero-order valence-corrected chi connectivity index (χ0v) is 12.9. The highest BCUT2D eigenvalue weighted by atomic mass is 32.2. The van der Waals surface area contributed by atoms with Gasteiger partial charge in [0.25, 0.3) is 5.91 Å². The highest BCUT2D eigenvalue weighted by Gasteiger charge is 2.33. The van der Waals surface area contributed by atoms with Crippen LogP contribution in [0.1, 0.15) is 11.5 Å². The molecule has 2 heterocycles. The molecular weight excluding hydrogens is 312 g/mol. The molecule has 0 saturated carbocycles. The third-order valence-electron chi connectivity index (χ3n) is 2.64. The Balaban J connectivity index is 2.06. The molecule has 0 aliphatic carbocycles. The van der Waals surface area contributed by atoms with E-state index in [0.29, 0.717) is 15.0 Å². The van der Waals surface area contributed by atoms with Gasteiger partial charge < -0.3 is 14.8 Å². The number of carbonyl (C=O) groups excluding carboxylic acids is 2. The summed E-state index contributed by atoms with van der Waals surface area (Å²) in [7, 11) is 0. The molecule has 112 valence electrons. The first-order valence-electron chi connectivity index (χ1n) is 6.20. The fourth-order valence-corrected chi connectivity index (χ4v) is 2.93. The van der Waals surface area contributed by atoms with Crippen molar-refractivity contribution in [3.05, 3.63) is 28.6 Å². The monoisotopic (exact) mass is 326 g/mol. The largest absolute Gasteiger partial charge is 0.462 e. The maximum atomic E-state index is 12.2. The van der Waals surface area contributed by atoms with E-state index in [9.17, 15) is 9.59 Å². The van der Waals surface area contributed by atoms with Crippen molar-refractivity contribution >= 4 is 46.2 Å². The van der Waals surface area contributed by atoms with E-state index in [1.807, 2.05) is 6.92 Å². The number of nitrogens with zero attached hydrogens (tertiary/aromatic N) is 1. The minimum atomic E-state index is -0.365. The highest BCUT2D eigenvalue weighted by molar-refractivity contribution is 8.26. The van der Waals surface area contributed by atoms with Crippen molar-refractivity contribution in [3.8, 4) is 0 Å². The van der Waals surface area contributed by atoms with Crippen LogP contribution in [0.3, 0.4) is 0 Å². The lowest BCUT2D eigenvalue weighted by Gasteiger charge is -2.13. The van der Waals surface area contributed by atoms with Gasteiger partial charge in [-0.25, -0.2) is 0 Å². The van der Waals surface area contributed by atoms with Crippen molar-refractivity contribution < 1.29 is 19.1 Å². The maximum Gasteiger partial charge on any atom is 0.266 e. The molecule has 0 aromatic carbocycles. The van der Waals surface area contributed by atoms with Gasteiger partial charge in [0.15, 0.2) is 0 Å². The van der Waals surface area contributed by atoms with Crippen molar-refractivity contribution in [1.82, 2.24) is 10.2 Å². The van der Waals surface area contributed by atoms with Crippen LogP contribution in [0.4, 0.5) is 0 Å². The number of carbonyl (C=O) groups is 2. The van der Waals surface area contributed by atoms with E-state index in [1.165, 1.54) is 4.90 Å². The van der Waals surface area contributed by atoms with Gasteiger partial charge in [-0.3, -0.25) is 14.5 Å². The Bertz CT molecular complexity index is 609. The number of nitrogens with one attached hydrogen (secondary N) is 1. The minimum absolute atomic E-state index is 0.148. The Labute approximate surface area is 131 Å². The van der Waals surface area contributed by atoms with Crippen LogP contribution in [0.2, 0.25) is 0 Å². The number of thioether (sulfide) groups is 1. The van der Waals surface area contributed by atoms with Crippen molar-refractivity contribution in [2.24, 2.45) is 0 Å². The zero-order chi connectivity index (χ0) is 15.4. The predicted octanol–water partition coefficient (Wildman–Crippen LogP) is 0.898. The van der Waals surface area contributed by atoms with E-state index < -0.39 is 0 Å². The van der Waals surface area contributed by atoms with Crippen molar-refractivity contribution in [2.45, 2.75) is 6.92 Å². The Morgan fingerprint density at radius 2 is 2.33 bits per heavy atom. The van der Waals surface area contributed by atoms with Crippen molar-refractivity contribution in [3.63, 3.8) is 0 Å². The molecule has 1 aromatic rings. The summed E-state index contributed by atoms with van der Waals surface area (Å²) in [5.74, 6) is 0.631. The maximum absolute atomic E-state index is 12.2. The SMILES string of the molecule is Cc1ccc(/C=C2\SC(=S)N(CC(=O)NCCO)C2=O)o1. The standard InChI is InChI=1S/C13H14N2O4S2/c1-8-2-3-9(19-8)6-10-12(18)15(13(20)21-10)7-11(17)14-4-5-16/h2-3,6,16H,4-5,7H2,1H3,(H,14,17)/b10-6-. The number of rotatable bonds is 5. The van der Waals surface area contributed by atoms with Gasteiger partial charge in [-0.15, -0.1) is 0 Å². The third kappa shape index (κ3) is 3.93. The Kier molecular flexibility index (Phi) is 5.16. The fourth-order valence-electron chi connectivity index (χ4n) is 1.69. The number of amides is 2. The summed E-state index contributed by atoms with van der Waals surface area (Å²) in [6, 6.07) is 3.56. The van der Waals surface area contributed by atoms with Crippen LogP contribution >= 0.6 is 24.0 Å². The summed E-state index contributed by atoms with van der Waals surface area (Å²) < 4.78 is 5.72. The predicted molar refractivity (Wildman–Crippen MR) is 83.4 cm³/mol. The van der Waals surface area contributed by atoms with Gasteiger partial charge in [0, 0.05) is 12.6 Å². The van der Waals surface area contributed by atoms with Crippen LogP contribution < -0.4 is 5.32 Å². The number of hydrogen-bond acceptors (Lipinski definition) is 6. The molecule has 1 aliphatic rings. The zero-order valence-electron chi connectivity index (χ0n) is 11.3. The number of thiocarbonyl (C=S) groups is 1. The average Bonchev–Trinajstić information content (AvgIpc) is 2.95. The van der Waals surface area contributed by atoms with Crippen LogP contribution in [0.25, 0.3) is 6.08 Å². The molecule has 0 atom stereocenters. The molecule has 21 heavy (non-hydrogen) atoms.